The summed E-state index contributed by atoms with van der Waals surface area (Å²) in [6.45, 7) is 7.16. The molecular formula is C19H24N6O2S. The maximum atomic E-state index is 5.68. The lowest BCUT2D eigenvalue weighted by Crippen LogP contribution is -2.37. The van der Waals surface area contributed by atoms with E-state index < -0.39 is 0 Å². The standard InChI is InChI=1S/C19H24N6O2S/c1-19(2,26-3)14-9-13-16(25-4-6-27-7-5-25)23-15(24-17(13)28-14)8-12-10-21-18(20)22-11-12/h9-11H,4-8H2,1-3H3,(H2,20,21,22). The summed E-state index contributed by atoms with van der Waals surface area (Å²) >= 11 is 1.65. The highest BCUT2D eigenvalue weighted by molar-refractivity contribution is 7.18. The van der Waals surface area contributed by atoms with Crippen LogP contribution in [0.25, 0.3) is 10.2 Å². The summed E-state index contributed by atoms with van der Waals surface area (Å²) in [5.74, 6) is 1.96. The van der Waals surface area contributed by atoms with Gasteiger partial charge in [0.05, 0.1) is 24.2 Å². The zero-order chi connectivity index (χ0) is 19.7. The number of nitrogens with two attached hydrogens (primary N) is 1. The fourth-order valence-electron chi connectivity index (χ4n) is 3.08. The minimum atomic E-state index is -0.376. The smallest absolute Gasteiger partial charge is 0.219 e. The third kappa shape index (κ3) is 3.78. The number of rotatable bonds is 5. The molecule has 0 atom stereocenters. The largest absolute Gasteiger partial charge is 0.378 e. The SMILES string of the molecule is COC(C)(C)c1cc2c(N3CCOCC3)nc(Cc3cnc(N)nc3)nc2s1. The molecule has 3 aromatic heterocycles. The number of fused-ring (bicyclic) bond motifs is 1. The average Bonchev–Trinajstić information content (AvgIpc) is 3.15. The van der Waals surface area contributed by atoms with Crippen molar-refractivity contribution in [2.75, 3.05) is 44.0 Å². The van der Waals surface area contributed by atoms with Crippen LogP contribution in [0, 0.1) is 0 Å². The van der Waals surface area contributed by atoms with E-state index in [4.69, 9.17) is 25.2 Å². The Labute approximate surface area is 167 Å². The first-order chi connectivity index (χ1) is 13.5. The van der Waals surface area contributed by atoms with Gasteiger partial charge in [0.1, 0.15) is 16.5 Å². The summed E-state index contributed by atoms with van der Waals surface area (Å²) in [5, 5.41) is 1.06. The lowest BCUT2D eigenvalue weighted by Gasteiger charge is -2.28. The van der Waals surface area contributed by atoms with Crippen LogP contribution in [0.4, 0.5) is 11.8 Å². The second kappa shape index (κ2) is 7.57. The van der Waals surface area contributed by atoms with E-state index in [1.807, 2.05) is 0 Å². The first kappa shape index (κ1) is 19.0. The van der Waals surface area contributed by atoms with Crippen LogP contribution in [0.5, 0.6) is 0 Å². The molecule has 1 saturated heterocycles. The van der Waals surface area contributed by atoms with Crippen molar-refractivity contribution >= 4 is 33.3 Å². The fourth-order valence-corrected chi connectivity index (χ4v) is 4.21. The molecule has 0 aliphatic carbocycles. The summed E-state index contributed by atoms with van der Waals surface area (Å²) in [6.07, 6.45) is 3.99. The minimum absolute atomic E-state index is 0.263. The van der Waals surface area contributed by atoms with Crippen LogP contribution in [0.2, 0.25) is 0 Å². The van der Waals surface area contributed by atoms with Gasteiger partial charge in [-0.1, -0.05) is 0 Å². The van der Waals surface area contributed by atoms with Gasteiger partial charge in [0.2, 0.25) is 5.95 Å². The highest BCUT2D eigenvalue weighted by atomic mass is 32.1. The molecule has 0 radical (unpaired) electrons. The van der Waals surface area contributed by atoms with Gasteiger partial charge in [-0.25, -0.2) is 19.9 Å². The third-order valence-corrected chi connectivity index (χ3v) is 6.25. The first-order valence-corrected chi connectivity index (χ1v) is 10.0. The Morgan fingerprint density at radius 2 is 1.93 bits per heavy atom. The maximum Gasteiger partial charge on any atom is 0.219 e. The van der Waals surface area contributed by atoms with E-state index in [1.54, 1.807) is 30.8 Å². The number of nitrogen functional groups attached to an aromatic ring is 1. The molecule has 8 nitrogen and oxygen atoms in total. The van der Waals surface area contributed by atoms with Crippen molar-refractivity contribution in [2.45, 2.75) is 25.9 Å². The zero-order valence-electron chi connectivity index (χ0n) is 16.3. The first-order valence-electron chi connectivity index (χ1n) is 9.21. The lowest BCUT2D eigenvalue weighted by atomic mass is 10.1. The van der Waals surface area contributed by atoms with Crippen LogP contribution < -0.4 is 10.6 Å². The van der Waals surface area contributed by atoms with Gasteiger partial charge in [-0.15, -0.1) is 11.3 Å². The van der Waals surface area contributed by atoms with Crippen molar-refractivity contribution < 1.29 is 9.47 Å². The zero-order valence-corrected chi connectivity index (χ0v) is 17.1. The van der Waals surface area contributed by atoms with Gasteiger partial charge >= 0.3 is 0 Å². The van der Waals surface area contributed by atoms with Crippen LogP contribution in [0.15, 0.2) is 18.5 Å². The normalized spacial score (nSPS) is 15.3. The molecule has 0 spiro atoms. The van der Waals surface area contributed by atoms with E-state index in [0.29, 0.717) is 19.6 Å². The molecule has 4 heterocycles. The van der Waals surface area contributed by atoms with Crippen LogP contribution in [-0.2, 0) is 21.5 Å². The summed E-state index contributed by atoms with van der Waals surface area (Å²) in [6, 6.07) is 2.16. The highest BCUT2D eigenvalue weighted by Crippen LogP contribution is 2.37. The van der Waals surface area contributed by atoms with Crippen LogP contribution in [0.3, 0.4) is 0 Å². The second-order valence-electron chi connectivity index (χ2n) is 7.23. The molecule has 28 heavy (non-hydrogen) atoms. The minimum Gasteiger partial charge on any atom is -0.378 e. The number of morpholine rings is 1. The molecule has 1 fully saturated rings. The molecule has 3 aromatic rings. The van der Waals surface area contributed by atoms with Crippen LogP contribution >= 0.6 is 11.3 Å². The molecule has 0 saturated carbocycles. The molecule has 148 valence electrons. The molecule has 0 unspecified atom stereocenters. The molecule has 2 N–H and O–H groups in total. The molecule has 4 rings (SSSR count). The van der Waals surface area contributed by atoms with Gasteiger partial charge < -0.3 is 20.1 Å². The predicted octanol–water partition coefficient (Wildman–Crippen LogP) is 2.37. The van der Waals surface area contributed by atoms with E-state index in [0.717, 1.165) is 45.4 Å². The number of hydrogen-bond acceptors (Lipinski definition) is 9. The summed E-state index contributed by atoms with van der Waals surface area (Å²) in [5.41, 5.74) is 6.14. The quantitative estimate of drug-likeness (QED) is 0.697. The molecule has 0 bridgehead atoms. The monoisotopic (exact) mass is 400 g/mol. The van der Waals surface area contributed by atoms with E-state index in [1.165, 1.54) is 0 Å². The van der Waals surface area contributed by atoms with Crippen molar-refractivity contribution in [3.63, 3.8) is 0 Å². The van der Waals surface area contributed by atoms with E-state index in [9.17, 15) is 0 Å². The van der Waals surface area contributed by atoms with Gasteiger partial charge in [0, 0.05) is 43.9 Å². The van der Waals surface area contributed by atoms with Gasteiger partial charge in [-0.3, -0.25) is 0 Å². The molecule has 9 heteroatoms. The lowest BCUT2D eigenvalue weighted by molar-refractivity contribution is 0.0224. The van der Waals surface area contributed by atoms with Gasteiger partial charge in [-0.2, -0.15) is 0 Å². The summed E-state index contributed by atoms with van der Waals surface area (Å²) < 4.78 is 11.2. The van der Waals surface area contributed by atoms with E-state index in [-0.39, 0.29) is 11.5 Å². The summed E-state index contributed by atoms with van der Waals surface area (Å²) in [4.78, 5) is 22.2. The Bertz CT molecular complexity index is 966. The molecule has 0 aromatic carbocycles. The van der Waals surface area contributed by atoms with Crippen molar-refractivity contribution in [3.05, 3.63) is 34.7 Å². The second-order valence-corrected chi connectivity index (χ2v) is 8.26. The van der Waals surface area contributed by atoms with Gasteiger partial charge in [0.15, 0.2) is 0 Å². The Morgan fingerprint density at radius 3 is 2.61 bits per heavy atom. The average molecular weight is 401 g/mol. The third-order valence-electron chi connectivity index (χ3n) is 4.92. The number of aromatic nitrogens is 4. The Kier molecular flexibility index (Phi) is 5.13. The number of ether oxygens (including phenoxy) is 2. The number of hydrogen-bond donors (Lipinski definition) is 1. The number of anilines is 2. The van der Waals surface area contributed by atoms with E-state index >= 15 is 0 Å². The van der Waals surface area contributed by atoms with Crippen molar-refractivity contribution in [1.29, 1.82) is 0 Å². The molecule has 1 aliphatic heterocycles. The Hall–Kier alpha value is -2.36. The molecular weight excluding hydrogens is 376 g/mol. The topological polar surface area (TPSA) is 99.3 Å². The van der Waals surface area contributed by atoms with Crippen molar-refractivity contribution in [1.82, 2.24) is 19.9 Å². The van der Waals surface area contributed by atoms with Gasteiger partial charge in [0.25, 0.3) is 0 Å². The number of thiophene rings is 1. The molecule has 1 aliphatic rings. The van der Waals surface area contributed by atoms with Crippen LogP contribution in [-0.4, -0.2) is 53.3 Å². The number of nitrogens with zero attached hydrogens (tertiary/aromatic N) is 5. The Morgan fingerprint density at radius 1 is 1.21 bits per heavy atom. The van der Waals surface area contributed by atoms with Crippen LogP contribution in [0.1, 0.15) is 30.1 Å². The fraction of sp³-hybridized carbons (Fsp3) is 0.474. The summed E-state index contributed by atoms with van der Waals surface area (Å²) in [7, 11) is 1.73. The van der Waals surface area contributed by atoms with Crippen molar-refractivity contribution in [2.24, 2.45) is 0 Å². The van der Waals surface area contributed by atoms with E-state index in [2.05, 4.69) is 34.8 Å². The highest BCUT2D eigenvalue weighted by Gasteiger charge is 2.26. The molecule has 0 amide bonds. The van der Waals surface area contributed by atoms with Crippen molar-refractivity contribution in [3.8, 4) is 0 Å². The Balaban J connectivity index is 1.78. The van der Waals surface area contributed by atoms with Gasteiger partial charge in [-0.05, 0) is 25.5 Å². The maximum absolute atomic E-state index is 5.68. The number of methoxy groups -OCH3 is 1. The predicted molar refractivity (Wildman–Crippen MR) is 110 cm³/mol.